The average molecular weight is 390 g/mol. The molecule has 1 saturated heterocycles. The lowest BCUT2D eigenvalue weighted by molar-refractivity contribution is -0.0262. The number of aromatic nitrogens is 2. The van der Waals surface area contributed by atoms with E-state index in [9.17, 15) is 17.2 Å². The van der Waals surface area contributed by atoms with Crippen molar-refractivity contribution in [3.8, 4) is 0 Å². The highest BCUT2D eigenvalue weighted by Crippen LogP contribution is 2.41. The molecule has 1 aliphatic heterocycles. The number of hydrogen-bond acceptors (Lipinski definition) is 7. The average Bonchev–Trinajstić information content (AvgIpc) is 2.54. The van der Waals surface area contributed by atoms with E-state index in [1.165, 1.54) is 0 Å². The van der Waals surface area contributed by atoms with Gasteiger partial charge in [-0.25, -0.2) is 18.5 Å². The molecule has 0 atom stereocenters. The van der Waals surface area contributed by atoms with Gasteiger partial charge in [-0.15, -0.1) is 0 Å². The Morgan fingerprint density at radius 1 is 1.23 bits per heavy atom. The smallest absolute Gasteiger partial charge is 0.290 e. The van der Waals surface area contributed by atoms with Crippen LogP contribution in [0, 0.1) is 0 Å². The van der Waals surface area contributed by atoms with Crippen molar-refractivity contribution < 1.29 is 17.2 Å². The minimum Gasteiger partial charge on any atom is -0.369 e. The number of nitrogens with two attached hydrogens (primary N) is 1. The second-order valence-corrected chi connectivity index (χ2v) is 8.58. The van der Waals surface area contributed by atoms with Gasteiger partial charge in [-0.2, -0.15) is 13.8 Å². The standard InChI is InChI=1S/C15H24F2N6O2S/c1-22-6-8-23(9-7-22)14-20-12-11(3-2-4-15(12,16)17)13(21-14)19-5-10-26(18,24)25/h2-10H2,1H3,(H2,18,24,25)(H,19,20,21). The van der Waals surface area contributed by atoms with Gasteiger partial charge in [-0.3, -0.25) is 0 Å². The van der Waals surface area contributed by atoms with Crippen LogP contribution in [0.5, 0.6) is 0 Å². The third kappa shape index (κ3) is 4.38. The normalized spacial score (nSPS) is 20.7. The Kier molecular flexibility index (Phi) is 5.31. The first-order valence-electron chi connectivity index (χ1n) is 8.63. The molecule has 26 heavy (non-hydrogen) atoms. The van der Waals surface area contributed by atoms with E-state index < -0.39 is 15.9 Å². The van der Waals surface area contributed by atoms with Crippen molar-refractivity contribution in [2.24, 2.45) is 5.14 Å². The number of nitrogens with zero attached hydrogens (tertiary/aromatic N) is 4. The van der Waals surface area contributed by atoms with Gasteiger partial charge in [0.05, 0.1) is 5.75 Å². The number of primary sulfonamides is 1. The zero-order valence-corrected chi connectivity index (χ0v) is 15.5. The monoisotopic (exact) mass is 390 g/mol. The highest BCUT2D eigenvalue weighted by molar-refractivity contribution is 7.89. The van der Waals surface area contributed by atoms with Crippen molar-refractivity contribution in [1.29, 1.82) is 0 Å². The fourth-order valence-corrected chi connectivity index (χ4v) is 3.61. The van der Waals surface area contributed by atoms with Crippen LogP contribution >= 0.6 is 0 Å². The van der Waals surface area contributed by atoms with Crippen LogP contribution in [-0.2, 0) is 22.4 Å². The number of rotatable bonds is 5. The van der Waals surface area contributed by atoms with Gasteiger partial charge in [-0.05, 0) is 19.9 Å². The summed E-state index contributed by atoms with van der Waals surface area (Å²) in [5.41, 5.74) is 0.124. The van der Waals surface area contributed by atoms with Crippen LogP contribution in [0.4, 0.5) is 20.5 Å². The lowest BCUT2D eigenvalue weighted by Gasteiger charge is -2.34. The molecular weight excluding hydrogens is 366 g/mol. The first-order valence-corrected chi connectivity index (χ1v) is 10.3. The molecule has 0 saturated carbocycles. The number of likely N-dealkylation sites (N-methyl/N-ethyl adjacent to an activating group) is 1. The van der Waals surface area contributed by atoms with Gasteiger partial charge < -0.3 is 15.1 Å². The Balaban J connectivity index is 1.92. The summed E-state index contributed by atoms with van der Waals surface area (Å²) in [5, 5.41) is 7.88. The maximum atomic E-state index is 14.4. The molecule has 8 nitrogen and oxygen atoms in total. The molecule has 1 aromatic heterocycles. The van der Waals surface area contributed by atoms with E-state index in [-0.39, 0.29) is 36.2 Å². The zero-order valence-electron chi connectivity index (χ0n) is 14.7. The van der Waals surface area contributed by atoms with Crippen molar-refractivity contribution >= 4 is 21.8 Å². The third-order valence-electron chi connectivity index (χ3n) is 4.72. The molecule has 2 heterocycles. The summed E-state index contributed by atoms with van der Waals surface area (Å²) >= 11 is 0. The molecule has 3 rings (SSSR count). The van der Waals surface area contributed by atoms with Gasteiger partial charge in [-0.1, -0.05) is 0 Å². The number of fused-ring (bicyclic) bond motifs is 1. The number of halogens is 2. The highest BCUT2D eigenvalue weighted by atomic mass is 32.2. The van der Waals surface area contributed by atoms with Gasteiger partial charge >= 0.3 is 0 Å². The van der Waals surface area contributed by atoms with Crippen LogP contribution in [0.3, 0.4) is 0 Å². The molecule has 3 N–H and O–H groups in total. The molecule has 0 bridgehead atoms. The van der Waals surface area contributed by atoms with Crippen molar-refractivity contribution in [3.05, 3.63) is 11.3 Å². The van der Waals surface area contributed by atoms with Crippen molar-refractivity contribution in [1.82, 2.24) is 14.9 Å². The first kappa shape index (κ1) is 19.2. The van der Waals surface area contributed by atoms with E-state index in [1.807, 2.05) is 11.9 Å². The number of nitrogens with one attached hydrogen (secondary N) is 1. The number of anilines is 2. The molecule has 0 unspecified atom stereocenters. The second kappa shape index (κ2) is 7.20. The molecule has 0 aromatic carbocycles. The highest BCUT2D eigenvalue weighted by Gasteiger charge is 2.40. The molecule has 11 heteroatoms. The largest absolute Gasteiger partial charge is 0.369 e. The number of alkyl halides is 2. The number of piperazine rings is 1. The fraction of sp³-hybridized carbons (Fsp3) is 0.733. The van der Waals surface area contributed by atoms with Gasteiger partial charge in [0.15, 0.2) is 0 Å². The third-order valence-corrected chi connectivity index (χ3v) is 5.50. The molecule has 1 aromatic rings. The molecule has 1 aliphatic carbocycles. The topological polar surface area (TPSA) is 104 Å². The maximum Gasteiger partial charge on any atom is 0.290 e. The van der Waals surface area contributed by atoms with Crippen molar-refractivity contribution in [2.45, 2.75) is 25.2 Å². The lowest BCUT2D eigenvalue weighted by Crippen LogP contribution is -2.45. The summed E-state index contributed by atoms with van der Waals surface area (Å²) in [4.78, 5) is 12.7. The van der Waals surface area contributed by atoms with Gasteiger partial charge in [0.2, 0.25) is 16.0 Å². The van der Waals surface area contributed by atoms with Crippen molar-refractivity contribution in [3.63, 3.8) is 0 Å². The molecule has 0 spiro atoms. The molecule has 2 aliphatic rings. The minimum absolute atomic E-state index is 0.00996. The Hall–Kier alpha value is -1.59. The Morgan fingerprint density at radius 2 is 1.92 bits per heavy atom. The summed E-state index contributed by atoms with van der Waals surface area (Å²) in [6, 6.07) is 0. The van der Waals surface area contributed by atoms with Crippen LogP contribution in [0.1, 0.15) is 24.1 Å². The van der Waals surface area contributed by atoms with Crippen LogP contribution in [0.15, 0.2) is 0 Å². The maximum absolute atomic E-state index is 14.4. The summed E-state index contributed by atoms with van der Waals surface area (Å²) in [6.45, 7) is 2.90. The quantitative estimate of drug-likeness (QED) is 0.748. The van der Waals surface area contributed by atoms with Gasteiger partial charge in [0, 0.05) is 44.7 Å². The Morgan fingerprint density at radius 3 is 2.58 bits per heavy atom. The van der Waals surface area contributed by atoms with E-state index in [0.717, 1.165) is 13.1 Å². The van der Waals surface area contributed by atoms with Gasteiger partial charge in [0.25, 0.3) is 5.92 Å². The van der Waals surface area contributed by atoms with Crippen LogP contribution in [0.2, 0.25) is 0 Å². The predicted molar refractivity (Wildman–Crippen MR) is 95.0 cm³/mol. The van der Waals surface area contributed by atoms with Crippen molar-refractivity contribution in [2.75, 3.05) is 55.7 Å². The molecule has 1 fully saturated rings. The molecule has 0 amide bonds. The molecule has 146 valence electrons. The summed E-state index contributed by atoms with van der Waals surface area (Å²) < 4.78 is 51.1. The molecule has 0 radical (unpaired) electrons. The van der Waals surface area contributed by atoms with E-state index in [0.29, 0.717) is 31.5 Å². The van der Waals surface area contributed by atoms with E-state index in [4.69, 9.17) is 5.14 Å². The Labute approximate surface area is 151 Å². The number of hydrogen-bond donors (Lipinski definition) is 2. The first-order chi connectivity index (χ1) is 12.2. The number of sulfonamides is 1. The summed E-state index contributed by atoms with van der Waals surface area (Å²) in [7, 11) is -1.65. The lowest BCUT2D eigenvalue weighted by atomic mass is 9.93. The van der Waals surface area contributed by atoms with Crippen LogP contribution in [0.25, 0.3) is 0 Å². The second-order valence-electron chi connectivity index (χ2n) is 6.84. The van der Waals surface area contributed by atoms with Gasteiger partial charge in [0.1, 0.15) is 11.5 Å². The SMILES string of the molecule is CN1CCN(c2nc(NCCS(N)(=O)=O)c3c(n2)C(F)(F)CCC3)CC1. The minimum atomic E-state index is -3.65. The van der Waals surface area contributed by atoms with E-state index >= 15 is 0 Å². The van der Waals surface area contributed by atoms with Crippen LogP contribution < -0.4 is 15.4 Å². The summed E-state index contributed by atoms with van der Waals surface area (Å²) in [6.07, 6.45) is 0.530. The fourth-order valence-electron chi connectivity index (χ4n) is 3.22. The van der Waals surface area contributed by atoms with E-state index in [1.54, 1.807) is 0 Å². The summed E-state index contributed by atoms with van der Waals surface area (Å²) in [5.74, 6) is -2.76. The molecular formula is C15H24F2N6O2S. The van der Waals surface area contributed by atoms with E-state index in [2.05, 4.69) is 20.2 Å². The zero-order chi connectivity index (χ0) is 18.9. The predicted octanol–water partition coefficient (Wildman–Crippen LogP) is 0.357. The Bertz CT molecular complexity index is 766. The van der Waals surface area contributed by atoms with Crippen LogP contribution in [-0.4, -0.2) is 68.8 Å².